The molecule has 1 saturated heterocycles. The number of pyridine rings is 1. The molecule has 0 spiro atoms. The van der Waals surface area contributed by atoms with Gasteiger partial charge in [0.1, 0.15) is 5.82 Å². The summed E-state index contributed by atoms with van der Waals surface area (Å²) < 4.78 is 0. The van der Waals surface area contributed by atoms with Crippen molar-refractivity contribution in [1.82, 2.24) is 9.88 Å². The summed E-state index contributed by atoms with van der Waals surface area (Å²) in [7, 11) is 0. The molecule has 0 unspecified atom stereocenters. The summed E-state index contributed by atoms with van der Waals surface area (Å²) in [4.78, 5) is 17.9. The zero-order valence-electron chi connectivity index (χ0n) is 15.7. The number of amides is 1. The van der Waals surface area contributed by atoms with Gasteiger partial charge < -0.3 is 10.2 Å². The molecule has 1 aromatic carbocycles. The largest absolute Gasteiger partial charge is 0.311 e. The zero-order valence-corrected chi connectivity index (χ0v) is 15.7. The molecule has 138 valence electrons. The molecule has 4 nitrogen and oxygen atoms in total. The van der Waals surface area contributed by atoms with Crippen molar-refractivity contribution in [2.45, 2.75) is 39.0 Å². The van der Waals surface area contributed by atoms with Gasteiger partial charge in [-0.1, -0.05) is 30.3 Å². The Labute approximate surface area is 156 Å². The van der Waals surface area contributed by atoms with Gasteiger partial charge in [0.15, 0.2) is 0 Å². The summed E-state index contributed by atoms with van der Waals surface area (Å²) in [5, 5.41) is 2.76. The molecule has 0 saturated carbocycles. The van der Waals surface area contributed by atoms with Crippen LogP contribution in [-0.2, 0) is 17.6 Å². The van der Waals surface area contributed by atoms with Gasteiger partial charge in [0.2, 0.25) is 5.91 Å². The first-order valence-corrected chi connectivity index (χ1v) is 9.68. The Balaban J connectivity index is 1.38. The fourth-order valence-electron chi connectivity index (χ4n) is 3.68. The molecular weight excluding hydrogens is 322 g/mol. The Morgan fingerprint density at radius 3 is 2.62 bits per heavy atom. The lowest BCUT2D eigenvalue weighted by molar-refractivity contribution is -0.114. The van der Waals surface area contributed by atoms with E-state index in [4.69, 9.17) is 0 Å². The first kappa shape index (κ1) is 18.6. The Morgan fingerprint density at radius 2 is 1.88 bits per heavy atom. The molecule has 0 aliphatic carbocycles. The summed E-state index contributed by atoms with van der Waals surface area (Å²) >= 11 is 0. The van der Waals surface area contributed by atoms with Crippen LogP contribution in [0.15, 0.2) is 48.7 Å². The van der Waals surface area contributed by atoms with Crippen LogP contribution < -0.4 is 5.32 Å². The van der Waals surface area contributed by atoms with Gasteiger partial charge in [-0.05, 0) is 74.4 Å². The van der Waals surface area contributed by atoms with Gasteiger partial charge in [-0.25, -0.2) is 4.98 Å². The van der Waals surface area contributed by atoms with E-state index in [2.05, 4.69) is 51.6 Å². The van der Waals surface area contributed by atoms with Gasteiger partial charge in [0, 0.05) is 19.7 Å². The average molecular weight is 351 g/mol. The Kier molecular flexibility index (Phi) is 6.78. The standard InChI is InChI=1S/C22H29N3O/c1-18(26)24-22-17-21(9-13-23-22)8-7-20-11-15-25(16-12-20)14-10-19-5-3-2-4-6-19/h2-6,9,13,17,20H,7-8,10-12,14-16H2,1H3,(H,23,24,26). The highest BCUT2D eigenvalue weighted by Gasteiger charge is 2.18. The highest BCUT2D eigenvalue weighted by Crippen LogP contribution is 2.23. The van der Waals surface area contributed by atoms with E-state index in [0.717, 1.165) is 18.8 Å². The van der Waals surface area contributed by atoms with Crippen LogP contribution in [0.3, 0.4) is 0 Å². The molecule has 0 atom stereocenters. The van der Waals surface area contributed by atoms with Crippen LogP contribution >= 0.6 is 0 Å². The Morgan fingerprint density at radius 1 is 1.12 bits per heavy atom. The fourth-order valence-corrected chi connectivity index (χ4v) is 3.68. The van der Waals surface area contributed by atoms with Crippen molar-refractivity contribution in [3.63, 3.8) is 0 Å². The molecule has 1 fully saturated rings. The van der Waals surface area contributed by atoms with E-state index >= 15 is 0 Å². The van der Waals surface area contributed by atoms with Crippen LogP contribution in [0.1, 0.15) is 37.3 Å². The number of piperidine rings is 1. The molecule has 26 heavy (non-hydrogen) atoms. The number of anilines is 1. The van der Waals surface area contributed by atoms with Crippen LogP contribution in [0.4, 0.5) is 5.82 Å². The minimum atomic E-state index is -0.0717. The van der Waals surface area contributed by atoms with Crippen molar-refractivity contribution < 1.29 is 4.79 Å². The monoisotopic (exact) mass is 351 g/mol. The Bertz CT molecular complexity index is 694. The molecule has 1 aliphatic heterocycles. The van der Waals surface area contributed by atoms with E-state index in [1.54, 1.807) is 6.20 Å². The maximum atomic E-state index is 11.1. The van der Waals surface area contributed by atoms with E-state index in [1.165, 1.54) is 56.9 Å². The van der Waals surface area contributed by atoms with Crippen LogP contribution in [0.2, 0.25) is 0 Å². The molecule has 4 heteroatoms. The summed E-state index contributed by atoms with van der Waals surface area (Å²) in [6.45, 7) is 5.11. The number of likely N-dealkylation sites (tertiary alicyclic amines) is 1. The van der Waals surface area contributed by atoms with Crippen molar-refractivity contribution in [2.75, 3.05) is 25.0 Å². The molecule has 2 heterocycles. The average Bonchev–Trinajstić information content (AvgIpc) is 2.66. The van der Waals surface area contributed by atoms with Gasteiger partial charge >= 0.3 is 0 Å². The molecule has 3 rings (SSSR count). The summed E-state index contributed by atoms with van der Waals surface area (Å²) in [5.74, 6) is 1.39. The van der Waals surface area contributed by atoms with E-state index in [9.17, 15) is 4.79 Å². The second-order valence-corrected chi connectivity index (χ2v) is 7.29. The lowest BCUT2D eigenvalue weighted by Gasteiger charge is -2.32. The van der Waals surface area contributed by atoms with Gasteiger partial charge in [0.25, 0.3) is 0 Å². The summed E-state index contributed by atoms with van der Waals surface area (Å²) in [5.41, 5.74) is 2.69. The second-order valence-electron chi connectivity index (χ2n) is 7.29. The molecule has 1 amide bonds. The van der Waals surface area contributed by atoms with E-state index in [1.807, 2.05) is 6.07 Å². The van der Waals surface area contributed by atoms with Gasteiger partial charge in [-0.2, -0.15) is 0 Å². The van der Waals surface area contributed by atoms with E-state index < -0.39 is 0 Å². The number of carbonyl (C=O) groups is 1. The molecule has 1 aliphatic rings. The smallest absolute Gasteiger partial charge is 0.222 e. The van der Waals surface area contributed by atoms with Gasteiger partial charge in [-0.15, -0.1) is 0 Å². The molecule has 0 radical (unpaired) electrons. The molecule has 1 N–H and O–H groups in total. The van der Waals surface area contributed by atoms with Gasteiger partial charge in [0.05, 0.1) is 0 Å². The minimum absolute atomic E-state index is 0.0717. The van der Waals surface area contributed by atoms with Crippen LogP contribution in [0.5, 0.6) is 0 Å². The summed E-state index contributed by atoms with van der Waals surface area (Å²) in [6, 6.07) is 14.8. The number of nitrogens with zero attached hydrogens (tertiary/aromatic N) is 2. The number of aromatic nitrogens is 1. The third kappa shape index (κ3) is 5.95. The Hall–Kier alpha value is -2.20. The predicted octanol–water partition coefficient (Wildman–Crippen LogP) is 3.93. The number of aryl methyl sites for hydroxylation is 1. The maximum Gasteiger partial charge on any atom is 0.222 e. The second kappa shape index (κ2) is 9.48. The summed E-state index contributed by atoms with van der Waals surface area (Å²) in [6.07, 6.45) is 7.79. The quantitative estimate of drug-likeness (QED) is 0.822. The topological polar surface area (TPSA) is 45.2 Å². The van der Waals surface area contributed by atoms with Crippen molar-refractivity contribution in [3.05, 3.63) is 59.8 Å². The number of rotatable bonds is 7. The van der Waals surface area contributed by atoms with Crippen molar-refractivity contribution >= 4 is 11.7 Å². The maximum absolute atomic E-state index is 11.1. The van der Waals surface area contributed by atoms with Crippen molar-refractivity contribution in [3.8, 4) is 0 Å². The van der Waals surface area contributed by atoms with Crippen molar-refractivity contribution in [2.24, 2.45) is 5.92 Å². The lowest BCUT2D eigenvalue weighted by Crippen LogP contribution is -2.35. The fraction of sp³-hybridized carbons (Fsp3) is 0.455. The molecule has 2 aromatic rings. The van der Waals surface area contributed by atoms with Crippen LogP contribution in [0, 0.1) is 5.92 Å². The third-order valence-electron chi connectivity index (χ3n) is 5.24. The van der Waals surface area contributed by atoms with E-state index in [-0.39, 0.29) is 5.91 Å². The zero-order chi connectivity index (χ0) is 18.2. The first-order valence-electron chi connectivity index (χ1n) is 9.68. The molecule has 0 bridgehead atoms. The van der Waals surface area contributed by atoms with Crippen LogP contribution in [-0.4, -0.2) is 35.4 Å². The first-order chi connectivity index (χ1) is 12.7. The number of nitrogens with one attached hydrogen (secondary N) is 1. The van der Waals surface area contributed by atoms with E-state index in [0.29, 0.717) is 5.82 Å². The highest BCUT2D eigenvalue weighted by atomic mass is 16.1. The minimum Gasteiger partial charge on any atom is -0.311 e. The molecular formula is C22H29N3O. The SMILES string of the molecule is CC(=O)Nc1cc(CCC2CCN(CCc3ccccc3)CC2)ccn1. The third-order valence-corrected chi connectivity index (χ3v) is 5.24. The van der Waals surface area contributed by atoms with Crippen LogP contribution in [0.25, 0.3) is 0 Å². The number of carbonyl (C=O) groups excluding carboxylic acids is 1. The number of hydrogen-bond acceptors (Lipinski definition) is 3. The number of benzene rings is 1. The highest BCUT2D eigenvalue weighted by molar-refractivity contribution is 5.87. The number of hydrogen-bond donors (Lipinski definition) is 1. The normalized spacial score (nSPS) is 15.7. The van der Waals surface area contributed by atoms with Crippen molar-refractivity contribution in [1.29, 1.82) is 0 Å². The predicted molar refractivity (Wildman–Crippen MR) is 106 cm³/mol. The van der Waals surface area contributed by atoms with Gasteiger partial charge in [-0.3, -0.25) is 4.79 Å². The lowest BCUT2D eigenvalue weighted by atomic mass is 9.90. The molecule has 1 aromatic heterocycles.